The molecule has 1 saturated heterocycles. The summed E-state index contributed by atoms with van der Waals surface area (Å²) in [5, 5.41) is 0. The lowest BCUT2D eigenvalue weighted by atomic mass is 10.2. The van der Waals surface area contributed by atoms with Crippen molar-refractivity contribution in [3.05, 3.63) is 0 Å². The largest absolute Gasteiger partial charge is 0.379 e. The maximum Gasteiger partial charge on any atom is 0.191 e. The van der Waals surface area contributed by atoms with Crippen LogP contribution in [0.3, 0.4) is 0 Å². The number of nitrogens with zero attached hydrogens (tertiary/aromatic N) is 2. The third-order valence-corrected chi connectivity index (χ3v) is 3.45. The van der Waals surface area contributed by atoms with Gasteiger partial charge < -0.3 is 20.1 Å². The van der Waals surface area contributed by atoms with E-state index in [1.807, 2.05) is 0 Å². The van der Waals surface area contributed by atoms with E-state index < -0.39 is 0 Å². The van der Waals surface area contributed by atoms with Crippen molar-refractivity contribution in [2.45, 2.75) is 32.0 Å². The Hall–Kier alpha value is -0.810. The molecule has 0 spiro atoms. The molecule has 2 fully saturated rings. The molecule has 2 unspecified atom stereocenters. The van der Waals surface area contributed by atoms with Gasteiger partial charge in [0.15, 0.2) is 5.96 Å². The molecule has 0 aromatic carbocycles. The summed E-state index contributed by atoms with van der Waals surface area (Å²) in [6.07, 6.45) is 3.01. The molecule has 2 aliphatic rings. The molecule has 1 heterocycles. The summed E-state index contributed by atoms with van der Waals surface area (Å²) in [4.78, 5) is 6.55. The third kappa shape index (κ3) is 3.57. The van der Waals surface area contributed by atoms with E-state index in [9.17, 15) is 0 Å². The highest BCUT2D eigenvalue weighted by Gasteiger charge is 2.31. The summed E-state index contributed by atoms with van der Waals surface area (Å²) in [6.45, 7) is 5.13. The fraction of sp³-hybridized carbons (Fsp3) is 0.917. The predicted octanol–water partition coefficient (Wildman–Crippen LogP) is 0.447. The highest BCUT2D eigenvalue weighted by molar-refractivity contribution is 5.78. The number of hydrogen-bond donors (Lipinski definition) is 1. The van der Waals surface area contributed by atoms with Gasteiger partial charge in [0.05, 0.1) is 25.4 Å². The van der Waals surface area contributed by atoms with Gasteiger partial charge in [-0.2, -0.15) is 0 Å². The number of rotatable bonds is 4. The molecule has 5 heteroatoms. The van der Waals surface area contributed by atoms with E-state index in [-0.39, 0.29) is 12.2 Å². The molecule has 2 atom stereocenters. The summed E-state index contributed by atoms with van der Waals surface area (Å²) in [7, 11) is 1.76. The third-order valence-electron chi connectivity index (χ3n) is 3.45. The van der Waals surface area contributed by atoms with Crippen LogP contribution >= 0.6 is 0 Å². The second-order valence-electron chi connectivity index (χ2n) is 4.94. The van der Waals surface area contributed by atoms with E-state index in [2.05, 4.69) is 16.8 Å². The Morgan fingerprint density at radius 1 is 1.59 bits per heavy atom. The summed E-state index contributed by atoms with van der Waals surface area (Å²) in [5.41, 5.74) is 6.00. The Bertz CT molecular complexity index is 279. The molecule has 17 heavy (non-hydrogen) atoms. The van der Waals surface area contributed by atoms with Gasteiger partial charge in [0.25, 0.3) is 0 Å². The van der Waals surface area contributed by atoms with Crippen molar-refractivity contribution >= 4 is 5.96 Å². The Kier molecular flexibility index (Phi) is 4.23. The molecule has 0 radical (unpaired) electrons. The molecular weight excluding hydrogens is 218 g/mol. The lowest BCUT2D eigenvalue weighted by Crippen LogP contribution is -2.48. The number of morpholine rings is 1. The number of aliphatic imine (C=N–C) groups is 1. The van der Waals surface area contributed by atoms with E-state index in [0.29, 0.717) is 18.4 Å². The van der Waals surface area contributed by atoms with E-state index in [0.717, 1.165) is 19.7 Å². The topological polar surface area (TPSA) is 60.1 Å². The highest BCUT2D eigenvalue weighted by atomic mass is 16.5. The standard InChI is InChI=1S/C12H23N3O2/c1-9-8-15(5-6-17-9)12(13)14-7-11(16-2)10-3-4-10/h9-11H,3-8H2,1-2H3,(H2,13,14). The SMILES string of the molecule is COC(CN=C(N)N1CCOC(C)C1)C1CC1. The fourth-order valence-electron chi connectivity index (χ4n) is 2.19. The molecular formula is C12H23N3O2. The molecule has 0 aromatic rings. The van der Waals surface area contributed by atoms with Gasteiger partial charge in [0.1, 0.15) is 0 Å². The molecule has 0 bridgehead atoms. The minimum Gasteiger partial charge on any atom is -0.379 e. The van der Waals surface area contributed by atoms with Crippen molar-refractivity contribution < 1.29 is 9.47 Å². The van der Waals surface area contributed by atoms with Crippen molar-refractivity contribution in [2.24, 2.45) is 16.6 Å². The van der Waals surface area contributed by atoms with Crippen LogP contribution in [-0.4, -0.2) is 56.4 Å². The Balaban J connectivity index is 1.82. The van der Waals surface area contributed by atoms with E-state index in [1.54, 1.807) is 7.11 Å². The molecule has 1 aliphatic carbocycles. The Labute approximate surface area is 103 Å². The van der Waals surface area contributed by atoms with Crippen molar-refractivity contribution in [1.29, 1.82) is 0 Å². The first kappa shape index (κ1) is 12.6. The first-order valence-electron chi connectivity index (χ1n) is 6.40. The average molecular weight is 241 g/mol. The maximum absolute atomic E-state index is 6.00. The van der Waals surface area contributed by atoms with Gasteiger partial charge in [0.2, 0.25) is 0 Å². The van der Waals surface area contributed by atoms with Gasteiger partial charge in [-0.25, -0.2) is 0 Å². The lowest BCUT2D eigenvalue weighted by molar-refractivity contribution is 0.00514. The first-order valence-corrected chi connectivity index (χ1v) is 6.40. The average Bonchev–Trinajstić information content (AvgIpc) is 3.14. The van der Waals surface area contributed by atoms with Gasteiger partial charge in [-0.1, -0.05) is 0 Å². The van der Waals surface area contributed by atoms with Crippen LogP contribution < -0.4 is 5.73 Å². The summed E-state index contributed by atoms with van der Waals surface area (Å²) in [5.74, 6) is 1.32. The Morgan fingerprint density at radius 3 is 2.94 bits per heavy atom. The fourth-order valence-corrected chi connectivity index (χ4v) is 2.19. The zero-order valence-corrected chi connectivity index (χ0v) is 10.8. The van der Waals surface area contributed by atoms with Gasteiger partial charge in [-0.05, 0) is 25.7 Å². The second-order valence-corrected chi connectivity index (χ2v) is 4.94. The van der Waals surface area contributed by atoms with Crippen LogP contribution in [-0.2, 0) is 9.47 Å². The van der Waals surface area contributed by atoms with Crippen molar-refractivity contribution in [3.8, 4) is 0 Å². The smallest absolute Gasteiger partial charge is 0.191 e. The predicted molar refractivity (Wildman–Crippen MR) is 67.0 cm³/mol. The molecule has 98 valence electrons. The Morgan fingerprint density at radius 2 is 2.35 bits per heavy atom. The van der Waals surface area contributed by atoms with Crippen LogP contribution in [0, 0.1) is 5.92 Å². The molecule has 0 amide bonds. The molecule has 2 rings (SSSR count). The van der Waals surface area contributed by atoms with Crippen LogP contribution in [0.15, 0.2) is 4.99 Å². The summed E-state index contributed by atoms with van der Waals surface area (Å²) in [6, 6.07) is 0. The van der Waals surface area contributed by atoms with Gasteiger partial charge in [0, 0.05) is 20.2 Å². The van der Waals surface area contributed by atoms with Crippen molar-refractivity contribution in [2.75, 3.05) is 33.4 Å². The molecule has 0 aromatic heterocycles. The van der Waals surface area contributed by atoms with Gasteiger partial charge in [-0.3, -0.25) is 4.99 Å². The number of methoxy groups -OCH3 is 1. The zero-order chi connectivity index (χ0) is 12.3. The monoisotopic (exact) mass is 241 g/mol. The van der Waals surface area contributed by atoms with Crippen LogP contribution in [0.25, 0.3) is 0 Å². The van der Waals surface area contributed by atoms with Crippen LogP contribution in [0.1, 0.15) is 19.8 Å². The number of ether oxygens (including phenoxy) is 2. The highest BCUT2D eigenvalue weighted by Crippen LogP contribution is 2.34. The minimum absolute atomic E-state index is 0.235. The molecule has 1 aliphatic heterocycles. The van der Waals surface area contributed by atoms with E-state index >= 15 is 0 Å². The summed E-state index contributed by atoms with van der Waals surface area (Å²) >= 11 is 0. The van der Waals surface area contributed by atoms with Crippen molar-refractivity contribution in [1.82, 2.24) is 4.90 Å². The van der Waals surface area contributed by atoms with Crippen LogP contribution in [0.5, 0.6) is 0 Å². The number of nitrogens with two attached hydrogens (primary N) is 1. The zero-order valence-electron chi connectivity index (χ0n) is 10.8. The molecule has 2 N–H and O–H groups in total. The van der Waals surface area contributed by atoms with Gasteiger partial charge in [-0.15, -0.1) is 0 Å². The lowest BCUT2D eigenvalue weighted by Gasteiger charge is -2.32. The quantitative estimate of drug-likeness (QED) is 0.573. The minimum atomic E-state index is 0.235. The van der Waals surface area contributed by atoms with E-state index in [4.69, 9.17) is 15.2 Å². The van der Waals surface area contributed by atoms with Crippen LogP contribution in [0.2, 0.25) is 0 Å². The second kappa shape index (κ2) is 5.69. The normalized spacial score (nSPS) is 28.2. The summed E-state index contributed by atoms with van der Waals surface area (Å²) < 4.78 is 10.9. The molecule has 5 nitrogen and oxygen atoms in total. The van der Waals surface area contributed by atoms with E-state index in [1.165, 1.54) is 12.8 Å². The first-order chi connectivity index (χ1) is 8.20. The van der Waals surface area contributed by atoms with Crippen molar-refractivity contribution in [3.63, 3.8) is 0 Å². The van der Waals surface area contributed by atoms with Gasteiger partial charge >= 0.3 is 0 Å². The number of guanidine groups is 1. The maximum atomic E-state index is 6.00. The van der Waals surface area contributed by atoms with Crippen LogP contribution in [0.4, 0.5) is 0 Å². The number of hydrogen-bond acceptors (Lipinski definition) is 3. The molecule has 1 saturated carbocycles.